The van der Waals surface area contributed by atoms with Gasteiger partial charge in [0.15, 0.2) is 17.5 Å². The first-order valence-electron chi connectivity index (χ1n) is 17.9. The molecular weight excluding hydrogens is 665 g/mol. The predicted molar refractivity (Wildman–Crippen MR) is 217 cm³/mol. The number of nitrogens with zero attached hydrogens (tertiary/aromatic N) is 4. The van der Waals surface area contributed by atoms with Crippen molar-refractivity contribution < 1.29 is 8.83 Å². The van der Waals surface area contributed by atoms with Crippen LogP contribution in [0, 0.1) is 0 Å². The molecule has 0 unspecified atom stereocenters. The van der Waals surface area contributed by atoms with E-state index in [9.17, 15) is 0 Å². The molecule has 4 aromatic heterocycles. The largest absolute Gasteiger partial charge is 0.456 e. The average molecular weight is 693 g/mol. The van der Waals surface area contributed by atoms with Crippen molar-refractivity contribution in [3.05, 3.63) is 170 Å². The maximum Gasteiger partial charge on any atom is 0.164 e. The van der Waals surface area contributed by atoms with Gasteiger partial charge in [-0.05, 0) is 53.1 Å². The predicted octanol–water partition coefficient (Wildman–Crippen LogP) is 12.6. The monoisotopic (exact) mass is 692 g/mol. The third-order valence-electron chi connectivity index (χ3n) is 10.2. The fourth-order valence-electron chi connectivity index (χ4n) is 7.72. The van der Waals surface area contributed by atoms with E-state index >= 15 is 0 Å². The Morgan fingerprint density at radius 3 is 1.89 bits per heavy atom. The van der Waals surface area contributed by atoms with E-state index in [4.69, 9.17) is 28.8 Å². The molecule has 0 N–H and O–H groups in total. The van der Waals surface area contributed by atoms with Crippen molar-refractivity contribution in [3.63, 3.8) is 0 Å². The zero-order valence-corrected chi connectivity index (χ0v) is 28.8. The van der Waals surface area contributed by atoms with Crippen molar-refractivity contribution in [2.45, 2.75) is 0 Å². The Hall–Kier alpha value is -7.44. The molecule has 252 valence electrons. The molecule has 7 aromatic carbocycles. The van der Waals surface area contributed by atoms with E-state index in [0.29, 0.717) is 17.5 Å². The Kier molecular flexibility index (Phi) is 6.75. The number of benzene rings is 7. The lowest BCUT2D eigenvalue weighted by Crippen LogP contribution is -2.01. The van der Waals surface area contributed by atoms with Gasteiger partial charge in [-0.3, -0.25) is 4.98 Å². The Labute approximate surface area is 309 Å². The van der Waals surface area contributed by atoms with Crippen molar-refractivity contribution >= 4 is 54.8 Å². The van der Waals surface area contributed by atoms with Gasteiger partial charge in [-0.2, -0.15) is 0 Å². The van der Waals surface area contributed by atoms with Gasteiger partial charge in [-0.15, -0.1) is 0 Å². The molecule has 6 nitrogen and oxygen atoms in total. The quantitative estimate of drug-likeness (QED) is 0.179. The van der Waals surface area contributed by atoms with Crippen LogP contribution < -0.4 is 0 Å². The highest BCUT2D eigenvalue weighted by atomic mass is 16.3. The van der Waals surface area contributed by atoms with Crippen LogP contribution in [0.4, 0.5) is 0 Å². The van der Waals surface area contributed by atoms with Gasteiger partial charge in [0, 0.05) is 55.4 Å². The number of para-hydroxylation sites is 1. The molecule has 0 saturated heterocycles. The molecule has 0 spiro atoms. The van der Waals surface area contributed by atoms with Crippen LogP contribution in [-0.2, 0) is 0 Å². The summed E-state index contributed by atoms with van der Waals surface area (Å²) in [6.07, 6.45) is 1.83. The molecule has 0 atom stereocenters. The number of fused-ring (bicyclic) bond motifs is 7. The van der Waals surface area contributed by atoms with Gasteiger partial charge in [-0.25, -0.2) is 15.0 Å². The summed E-state index contributed by atoms with van der Waals surface area (Å²) in [6.45, 7) is 0. The first kappa shape index (κ1) is 30.2. The lowest BCUT2D eigenvalue weighted by atomic mass is 9.92. The van der Waals surface area contributed by atoms with Crippen molar-refractivity contribution in [1.29, 1.82) is 0 Å². The van der Waals surface area contributed by atoms with Gasteiger partial charge in [-0.1, -0.05) is 127 Å². The molecule has 0 aliphatic heterocycles. The fraction of sp³-hybridized carbons (Fsp3) is 0. The van der Waals surface area contributed by atoms with Crippen LogP contribution in [0.1, 0.15) is 0 Å². The Morgan fingerprint density at radius 2 is 1.04 bits per heavy atom. The highest BCUT2D eigenvalue weighted by molar-refractivity contribution is 6.19. The van der Waals surface area contributed by atoms with Gasteiger partial charge in [0.25, 0.3) is 0 Å². The van der Waals surface area contributed by atoms with Crippen LogP contribution in [0.3, 0.4) is 0 Å². The minimum absolute atomic E-state index is 0.569. The molecule has 54 heavy (non-hydrogen) atoms. The third-order valence-corrected chi connectivity index (χ3v) is 10.2. The molecule has 0 bridgehead atoms. The highest BCUT2D eigenvalue weighted by Crippen LogP contribution is 2.45. The second kappa shape index (κ2) is 12.1. The average Bonchev–Trinajstić information content (AvgIpc) is 3.81. The van der Waals surface area contributed by atoms with Crippen LogP contribution in [-0.4, -0.2) is 19.9 Å². The number of furan rings is 2. The Bertz CT molecular complexity index is 3220. The summed E-state index contributed by atoms with van der Waals surface area (Å²) in [7, 11) is 0. The summed E-state index contributed by atoms with van der Waals surface area (Å²) in [6, 6.07) is 55.5. The molecule has 11 rings (SSSR count). The van der Waals surface area contributed by atoms with E-state index in [-0.39, 0.29) is 0 Å². The summed E-state index contributed by atoms with van der Waals surface area (Å²) in [5.74, 6) is 1.73. The molecule has 6 heteroatoms. The molecule has 0 aliphatic carbocycles. The van der Waals surface area contributed by atoms with Gasteiger partial charge in [0.2, 0.25) is 0 Å². The van der Waals surface area contributed by atoms with Gasteiger partial charge < -0.3 is 8.83 Å². The van der Waals surface area contributed by atoms with Crippen LogP contribution in [0.15, 0.2) is 179 Å². The van der Waals surface area contributed by atoms with E-state index in [2.05, 4.69) is 84.9 Å². The van der Waals surface area contributed by atoms with E-state index < -0.39 is 0 Å². The zero-order valence-electron chi connectivity index (χ0n) is 28.8. The first-order chi connectivity index (χ1) is 26.8. The topological polar surface area (TPSA) is 77.8 Å². The van der Waals surface area contributed by atoms with Gasteiger partial charge in [0.1, 0.15) is 22.3 Å². The van der Waals surface area contributed by atoms with Crippen molar-refractivity contribution in [2.75, 3.05) is 0 Å². The summed E-state index contributed by atoms with van der Waals surface area (Å²) >= 11 is 0. The fourth-order valence-corrected chi connectivity index (χ4v) is 7.72. The second-order valence-corrected chi connectivity index (χ2v) is 13.4. The molecule has 0 radical (unpaired) electrons. The standard InChI is InChI=1S/C48H28N4O2/c1-3-13-29(14-4-1)32-24-25-34(44-38-28-39-31(17-12-26-49-39)27-42(38)54-45(32)44)33-18-7-8-19-35(33)47-50-46(30-15-5-2-6-16-30)51-48(52-47)37-21-11-23-41-43(37)36-20-9-10-22-40(36)53-41/h1-28H. The SMILES string of the molecule is c1ccc(-c2nc(-c3ccccc3-c3ccc(-c4ccccc4)c4oc5cc6cccnc6cc5c34)nc(-c3cccc4oc5ccccc5c34)n2)cc1. The molecule has 4 heterocycles. The van der Waals surface area contributed by atoms with E-state index in [0.717, 1.165) is 93.7 Å². The minimum atomic E-state index is 0.569. The maximum atomic E-state index is 6.80. The zero-order chi connectivity index (χ0) is 35.6. The molecule has 0 saturated carbocycles. The Morgan fingerprint density at radius 1 is 0.370 bits per heavy atom. The van der Waals surface area contributed by atoms with Crippen LogP contribution in [0.25, 0.3) is 111 Å². The number of hydrogen-bond acceptors (Lipinski definition) is 6. The summed E-state index contributed by atoms with van der Waals surface area (Å²) in [5, 5.41) is 5.03. The second-order valence-electron chi connectivity index (χ2n) is 13.4. The summed E-state index contributed by atoms with van der Waals surface area (Å²) < 4.78 is 13.1. The van der Waals surface area contributed by atoms with Crippen molar-refractivity contribution in [3.8, 4) is 56.4 Å². The van der Waals surface area contributed by atoms with E-state index in [1.165, 1.54) is 0 Å². The molecule has 0 fully saturated rings. The number of pyridine rings is 1. The maximum absolute atomic E-state index is 6.80. The lowest BCUT2D eigenvalue weighted by Gasteiger charge is -2.14. The molecule has 0 amide bonds. The van der Waals surface area contributed by atoms with Crippen LogP contribution in [0.2, 0.25) is 0 Å². The lowest BCUT2D eigenvalue weighted by molar-refractivity contribution is 0.669. The number of rotatable bonds is 5. The molecule has 0 aliphatic rings. The van der Waals surface area contributed by atoms with Crippen LogP contribution >= 0.6 is 0 Å². The third kappa shape index (κ3) is 4.81. The van der Waals surface area contributed by atoms with Gasteiger partial charge in [0.05, 0.1) is 5.52 Å². The summed E-state index contributed by atoms with van der Waals surface area (Å²) in [5.41, 5.74) is 10.9. The highest BCUT2D eigenvalue weighted by Gasteiger charge is 2.23. The smallest absolute Gasteiger partial charge is 0.164 e. The van der Waals surface area contributed by atoms with Crippen molar-refractivity contribution in [2.24, 2.45) is 0 Å². The molecule has 11 aromatic rings. The normalized spacial score (nSPS) is 11.7. The van der Waals surface area contributed by atoms with E-state index in [1.54, 1.807) is 0 Å². The number of hydrogen-bond donors (Lipinski definition) is 0. The number of aromatic nitrogens is 4. The first-order valence-corrected chi connectivity index (χ1v) is 17.9. The summed E-state index contributed by atoms with van der Waals surface area (Å²) in [4.78, 5) is 20.2. The Balaban J connectivity index is 1.19. The van der Waals surface area contributed by atoms with Gasteiger partial charge >= 0.3 is 0 Å². The van der Waals surface area contributed by atoms with E-state index in [1.807, 2.05) is 85.1 Å². The minimum Gasteiger partial charge on any atom is -0.456 e. The molecular formula is C48H28N4O2. The van der Waals surface area contributed by atoms with Crippen LogP contribution in [0.5, 0.6) is 0 Å². The van der Waals surface area contributed by atoms with Crippen molar-refractivity contribution in [1.82, 2.24) is 19.9 Å².